The number of fused-ring (bicyclic) bond motifs is 2. The van der Waals surface area contributed by atoms with Gasteiger partial charge in [-0.15, -0.1) is 0 Å². The van der Waals surface area contributed by atoms with Gasteiger partial charge in [-0.2, -0.15) is 0 Å². The molecule has 2 aromatic rings. The molecule has 6 nitrogen and oxygen atoms in total. The van der Waals surface area contributed by atoms with Crippen molar-refractivity contribution in [2.45, 2.75) is 0 Å². The van der Waals surface area contributed by atoms with E-state index in [2.05, 4.69) is 25.4 Å². The Morgan fingerprint density at radius 2 is 1.20 bits per heavy atom. The highest BCUT2D eigenvalue weighted by molar-refractivity contribution is 9.10. The predicted octanol–water partition coefficient (Wildman–Crippen LogP) is 2.80. The summed E-state index contributed by atoms with van der Waals surface area (Å²) in [5.74, 6) is -2.42. The lowest BCUT2D eigenvalue weighted by Crippen LogP contribution is -2.24. The number of ketones is 2. The summed E-state index contributed by atoms with van der Waals surface area (Å²) in [5, 5.41) is 0. The maximum absolute atomic E-state index is 12.8. The van der Waals surface area contributed by atoms with E-state index in [0.717, 1.165) is 14.2 Å². The van der Waals surface area contributed by atoms with Crippen LogP contribution in [0.5, 0.6) is 0 Å². The van der Waals surface area contributed by atoms with E-state index in [-0.39, 0.29) is 33.4 Å². The Kier molecular flexibility index (Phi) is 4.26. The maximum Gasteiger partial charge on any atom is 0.338 e. The molecule has 0 aliphatic heterocycles. The molecule has 126 valence electrons. The van der Waals surface area contributed by atoms with Crippen LogP contribution in [0.25, 0.3) is 0 Å². The molecule has 0 heterocycles. The van der Waals surface area contributed by atoms with Crippen LogP contribution in [0.4, 0.5) is 0 Å². The van der Waals surface area contributed by atoms with Gasteiger partial charge >= 0.3 is 11.9 Å². The van der Waals surface area contributed by atoms with Gasteiger partial charge in [-0.05, 0) is 30.3 Å². The highest BCUT2D eigenvalue weighted by Crippen LogP contribution is 2.31. The standard InChI is InChI=1S/C18H11BrO6/c1-24-17(22)13-6-11-12(7-14(13)18(23)25-2)16(21)10-5-8(19)3-4-9(10)15(11)20/h3-7H,1-2H3. The number of carbonyl (C=O) groups is 4. The number of carbonyl (C=O) groups excluding carboxylic acids is 4. The van der Waals surface area contributed by atoms with Crippen molar-refractivity contribution in [1.82, 2.24) is 0 Å². The van der Waals surface area contributed by atoms with E-state index in [9.17, 15) is 19.2 Å². The average Bonchev–Trinajstić information content (AvgIpc) is 2.63. The molecule has 0 amide bonds. The zero-order valence-electron chi connectivity index (χ0n) is 13.2. The Bertz CT molecular complexity index is 960. The number of halogens is 1. The zero-order valence-corrected chi connectivity index (χ0v) is 14.8. The molecule has 0 atom stereocenters. The molecule has 0 radical (unpaired) electrons. The van der Waals surface area contributed by atoms with Crippen LogP contribution in [0.15, 0.2) is 34.8 Å². The first-order valence-corrected chi connectivity index (χ1v) is 7.92. The lowest BCUT2D eigenvalue weighted by molar-refractivity contribution is 0.0555. The van der Waals surface area contributed by atoms with E-state index in [4.69, 9.17) is 0 Å². The zero-order chi connectivity index (χ0) is 18.3. The summed E-state index contributed by atoms with van der Waals surface area (Å²) in [4.78, 5) is 49.5. The normalized spacial score (nSPS) is 12.3. The van der Waals surface area contributed by atoms with Crippen molar-refractivity contribution in [1.29, 1.82) is 0 Å². The molecule has 0 bridgehead atoms. The largest absolute Gasteiger partial charge is 0.465 e. The summed E-state index contributed by atoms with van der Waals surface area (Å²) in [7, 11) is 2.31. The van der Waals surface area contributed by atoms with Gasteiger partial charge in [-0.1, -0.05) is 15.9 Å². The van der Waals surface area contributed by atoms with Crippen LogP contribution in [0.2, 0.25) is 0 Å². The van der Waals surface area contributed by atoms with Crippen molar-refractivity contribution in [3.05, 3.63) is 68.2 Å². The highest BCUT2D eigenvalue weighted by Gasteiger charge is 2.33. The molecule has 0 fully saturated rings. The lowest BCUT2D eigenvalue weighted by Gasteiger charge is -2.19. The SMILES string of the molecule is COC(=O)c1cc2c(cc1C(=O)OC)C(=O)c1cc(Br)ccc1C2=O. The Hall–Kier alpha value is -2.80. The molecule has 1 aliphatic rings. The van der Waals surface area contributed by atoms with Crippen LogP contribution in [-0.2, 0) is 9.47 Å². The minimum Gasteiger partial charge on any atom is -0.465 e. The van der Waals surface area contributed by atoms with Crippen molar-refractivity contribution >= 4 is 39.4 Å². The average molecular weight is 403 g/mol. The molecule has 0 spiro atoms. The van der Waals surface area contributed by atoms with Gasteiger partial charge in [0, 0.05) is 26.7 Å². The third kappa shape index (κ3) is 2.66. The molecule has 0 N–H and O–H groups in total. The van der Waals surface area contributed by atoms with Gasteiger partial charge in [0.15, 0.2) is 11.6 Å². The Labute approximate surface area is 150 Å². The van der Waals surface area contributed by atoms with Crippen LogP contribution in [0.1, 0.15) is 52.6 Å². The van der Waals surface area contributed by atoms with Crippen LogP contribution < -0.4 is 0 Å². The van der Waals surface area contributed by atoms with E-state index in [1.54, 1.807) is 12.1 Å². The Morgan fingerprint density at radius 1 is 0.760 bits per heavy atom. The summed E-state index contributed by atoms with van der Waals surface area (Å²) in [6, 6.07) is 7.15. The van der Waals surface area contributed by atoms with Gasteiger partial charge in [0.1, 0.15) is 0 Å². The quantitative estimate of drug-likeness (QED) is 0.612. The van der Waals surface area contributed by atoms with Gasteiger partial charge < -0.3 is 9.47 Å². The maximum atomic E-state index is 12.8. The van der Waals surface area contributed by atoms with Gasteiger partial charge in [-0.3, -0.25) is 9.59 Å². The Morgan fingerprint density at radius 3 is 1.68 bits per heavy atom. The van der Waals surface area contributed by atoms with Gasteiger partial charge in [0.05, 0.1) is 25.3 Å². The van der Waals surface area contributed by atoms with E-state index >= 15 is 0 Å². The number of ether oxygens (including phenoxy) is 2. The first-order chi connectivity index (χ1) is 11.9. The van der Waals surface area contributed by atoms with Crippen molar-refractivity contribution in [2.24, 2.45) is 0 Å². The number of methoxy groups -OCH3 is 2. The summed E-state index contributed by atoms with van der Waals surface area (Å²) in [6.07, 6.45) is 0. The molecule has 7 heteroatoms. The van der Waals surface area contributed by atoms with E-state index < -0.39 is 23.5 Å². The fraction of sp³-hybridized carbons (Fsp3) is 0.111. The monoisotopic (exact) mass is 402 g/mol. The minimum atomic E-state index is -0.802. The summed E-state index contributed by atoms with van der Waals surface area (Å²) >= 11 is 3.27. The van der Waals surface area contributed by atoms with E-state index in [1.165, 1.54) is 18.2 Å². The molecule has 0 saturated heterocycles. The fourth-order valence-corrected chi connectivity index (χ4v) is 3.09. The Balaban J connectivity index is 2.29. The number of benzene rings is 2. The van der Waals surface area contributed by atoms with Gasteiger partial charge in [0.2, 0.25) is 0 Å². The van der Waals surface area contributed by atoms with Crippen LogP contribution in [0, 0.1) is 0 Å². The fourth-order valence-electron chi connectivity index (χ4n) is 2.73. The highest BCUT2D eigenvalue weighted by atomic mass is 79.9. The molecular weight excluding hydrogens is 392 g/mol. The molecule has 1 aliphatic carbocycles. The second-order valence-electron chi connectivity index (χ2n) is 5.27. The summed E-state index contributed by atoms with van der Waals surface area (Å²) in [5.41, 5.74) is 0.301. The predicted molar refractivity (Wildman–Crippen MR) is 90.1 cm³/mol. The number of hydrogen-bond donors (Lipinski definition) is 0. The topological polar surface area (TPSA) is 86.7 Å². The minimum absolute atomic E-state index is 0.0450. The molecule has 0 aromatic heterocycles. The molecule has 0 saturated carbocycles. The third-order valence-corrected chi connectivity index (χ3v) is 4.42. The lowest BCUT2D eigenvalue weighted by atomic mass is 9.82. The number of rotatable bonds is 2. The molecule has 3 rings (SSSR count). The summed E-state index contributed by atoms with van der Waals surface area (Å²) < 4.78 is 9.97. The molecule has 25 heavy (non-hydrogen) atoms. The van der Waals surface area contributed by atoms with Crippen molar-refractivity contribution in [2.75, 3.05) is 14.2 Å². The second-order valence-corrected chi connectivity index (χ2v) is 6.19. The molecular formula is C18H11BrO6. The van der Waals surface area contributed by atoms with Crippen molar-refractivity contribution < 1.29 is 28.7 Å². The van der Waals surface area contributed by atoms with Crippen molar-refractivity contribution in [3.8, 4) is 0 Å². The third-order valence-electron chi connectivity index (χ3n) is 3.93. The molecule has 2 aromatic carbocycles. The first-order valence-electron chi connectivity index (χ1n) is 7.12. The summed E-state index contributed by atoms with van der Waals surface area (Å²) in [6.45, 7) is 0. The first kappa shape index (κ1) is 17.0. The number of hydrogen-bond acceptors (Lipinski definition) is 6. The van der Waals surface area contributed by atoms with Crippen LogP contribution >= 0.6 is 15.9 Å². The van der Waals surface area contributed by atoms with E-state index in [0.29, 0.717) is 4.47 Å². The van der Waals surface area contributed by atoms with E-state index in [1.807, 2.05) is 0 Å². The van der Waals surface area contributed by atoms with Gasteiger partial charge in [-0.25, -0.2) is 9.59 Å². The van der Waals surface area contributed by atoms with Crippen molar-refractivity contribution in [3.63, 3.8) is 0 Å². The smallest absolute Gasteiger partial charge is 0.338 e. The second kappa shape index (κ2) is 6.25. The molecule has 0 unspecified atom stereocenters. The van der Waals surface area contributed by atoms with Crippen LogP contribution in [-0.4, -0.2) is 37.7 Å². The van der Waals surface area contributed by atoms with Crippen LogP contribution in [0.3, 0.4) is 0 Å². The number of esters is 2. The van der Waals surface area contributed by atoms with Gasteiger partial charge in [0.25, 0.3) is 0 Å².